The van der Waals surface area contributed by atoms with Crippen LogP contribution < -0.4 is 10.1 Å². The summed E-state index contributed by atoms with van der Waals surface area (Å²) < 4.78 is 5.25. The first-order valence-corrected chi connectivity index (χ1v) is 7.60. The zero-order valence-electron chi connectivity index (χ0n) is 13.4. The summed E-state index contributed by atoms with van der Waals surface area (Å²) in [5.41, 5.74) is 5.26. The molecule has 21 heavy (non-hydrogen) atoms. The van der Waals surface area contributed by atoms with E-state index in [1.807, 2.05) is 12.1 Å². The maximum atomic E-state index is 5.25. The first kappa shape index (κ1) is 15.6. The highest BCUT2D eigenvalue weighted by molar-refractivity contribution is 5.40. The fourth-order valence-corrected chi connectivity index (χ4v) is 2.64. The van der Waals surface area contributed by atoms with Crippen molar-refractivity contribution in [1.29, 1.82) is 0 Å². The molecule has 2 heteroatoms. The molecular weight excluding hydrogens is 258 g/mol. The maximum absolute atomic E-state index is 5.25. The Morgan fingerprint density at radius 3 is 2.33 bits per heavy atom. The Labute approximate surface area is 128 Å². The molecule has 0 aliphatic rings. The van der Waals surface area contributed by atoms with Crippen molar-refractivity contribution < 1.29 is 4.74 Å². The molecule has 1 atom stereocenters. The highest BCUT2D eigenvalue weighted by atomic mass is 16.5. The number of aryl methyl sites for hydroxylation is 2. The predicted octanol–water partition coefficient (Wildman–Crippen LogP) is 4.40. The number of ether oxygens (including phenoxy) is 1. The molecular formula is C19H25NO. The average Bonchev–Trinajstić information content (AvgIpc) is 2.50. The summed E-state index contributed by atoms with van der Waals surface area (Å²) in [6, 6.07) is 15.3. The molecule has 2 aromatic rings. The second kappa shape index (κ2) is 7.28. The van der Waals surface area contributed by atoms with Crippen LogP contribution in [0.3, 0.4) is 0 Å². The largest absolute Gasteiger partial charge is 0.497 e. The molecule has 0 bridgehead atoms. The summed E-state index contributed by atoms with van der Waals surface area (Å²) in [6.45, 7) is 7.52. The quantitative estimate of drug-likeness (QED) is 0.848. The van der Waals surface area contributed by atoms with Crippen LogP contribution in [0.25, 0.3) is 0 Å². The molecule has 2 aromatic carbocycles. The second-order valence-electron chi connectivity index (χ2n) is 5.52. The Hall–Kier alpha value is -1.80. The molecule has 0 aliphatic carbocycles. The standard InChI is InChI=1S/C19H25NO/c1-5-12-20-19(16-7-9-17(21-4)10-8-16)18-11-6-14(2)13-15(18)3/h6-11,13,19-20H,5,12H2,1-4H3. The number of rotatable bonds is 6. The molecule has 0 saturated heterocycles. The van der Waals surface area contributed by atoms with Gasteiger partial charge in [0.2, 0.25) is 0 Å². The van der Waals surface area contributed by atoms with E-state index in [-0.39, 0.29) is 6.04 Å². The molecule has 0 saturated carbocycles. The van der Waals surface area contributed by atoms with E-state index in [1.54, 1.807) is 7.11 Å². The van der Waals surface area contributed by atoms with Crippen LogP contribution in [0.15, 0.2) is 42.5 Å². The van der Waals surface area contributed by atoms with Crippen LogP contribution in [0, 0.1) is 13.8 Å². The van der Waals surface area contributed by atoms with Gasteiger partial charge in [0.25, 0.3) is 0 Å². The monoisotopic (exact) mass is 283 g/mol. The van der Waals surface area contributed by atoms with Crippen molar-refractivity contribution in [2.24, 2.45) is 0 Å². The fraction of sp³-hybridized carbons (Fsp3) is 0.368. The average molecular weight is 283 g/mol. The molecule has 0 amide bonds. The Morgan fingerprint density at radius 1 is 1.05 bits per heavy atom. The minimum atomic E-state index is 0.233. The number of methoxy groups -OCH3 is 1. The van der Waals surface area contributed by atoms with Crippen molar-refractivity contribution in [2.75, 3.05) is 13.7 Å². The Morgan fingerprint density at radius 2 is 1.76 bits per heavy atom. The topological polar surface area (TPSA) is 21.3 Å². The third kappa shape index (κ3) is 3.85. The van der Waals surface area contributed by atoms with E-state index in [4.69, 9.17) is 4.74 Å². The molecule has 0 heterocycles. The van der Waals surface area contributed by atoms with E-state index in [2.05, 4.69) is 56.4 Å². The molecule has 112 valence electrons. The zero-order chi connectivity index (χ0) is 15.2. The number of benzene rings is 2. The van der Waals surface area contributed by atoms with Crippen molar-refractivity contribution >= 4 is 0 Å². The smallest absolute Gasteiger partial charge is 0.118 e. The van der Waals surface area contributed by atoms with E-state index < -0.39 is 0 Å². The molecule has 1 N–H and O–H groups in total. The van der Waals surface area contributed by atoms with Gasteiger partial charge in [0, 0.05) is 0 Å². The van der Waals surface area contributed by atoms with Crippen LogP contribution in [0.2, 0.25) is 0 Å². The van der Waals surface area contributed by atoms with Crippen molar-refractivity contribution in [3.05, 3.63) is 64.7 Å². The van der Waals surface area contributed by atoms with Crippen molar-refractivity contribution in [3.8, 4) is 5.75 Å². The summed E-state index contributed by atoms with van der Waals surface area (Å²) >= 11 is 0. The fourth-order valence-electron chi connectivity index (χ4n) is 2.64. The first-order valence-electron chi connectivity index (χ1n) is 7.60. The summed E-state index contributed by atoms with van der Waals surface area (Å²) in [6.07, 6.45) is 1.12. The van der Waals surface area contributed by atoms with Gasteiger partial charge < -0.3 is 10.1 Å². The normalized spacial score (nSPS) is 12.2. The van der Waals surface area contributed by atoms with Crippen molar-refractivity contribution in [2.45, 2.75) is 33.2 Å². The molecule has 2 nitrogen and oxygen atoms in total. The van der Waals surface area contributed by atoms with Gasteiger partial charge in [-0.3, -0.25) is 0 Å². The van der Waals surface area contributed by atoms with Gasteiger partial charge in [-0.15, -0.1) is 0 Å². The summed E-state index contributed by atoms with van der Waals surface area (Å²) in [5.74, 6) is 0.897. The van der Waals surface area contributed by atoms with Gasteiger partial charge in [0.1, 0.15) is 5.75 Å². The molecule has 2 rings (SSSR count). The summed E-state index contributed by atoms with van der Waals surface area (Å²) in [5, 5.41) is 3.66. The molecule has 0 aromatic heterocycles. The van der Waals surface area contributed by atoms with E-state index >= 15 is 0 Å². The van der Waals surface area contributed by atoms with E-state index in [1.165, 1.54) is 22.3 Å². The Bertz CT molecular complexity index is 575. The van der Waals surface area contributed by atoms with Gasteiger partial charge in [-0.25, -0.2) is 0 Å². The Balaban J connectivity index is 2.36. The van der Waals surface area contributed by atoms with Crippen LogP contribution in [0.1, 0.15) is 41.6 Å². The minimum absolute atomic E-state index is 0.233. The second-order valence-corrected chi connectivity index (χ2v) is 5.52. The summed E-state index contributed by atoms with van der Waals surface area (Å²) in [7, 11) is 1.70. The lowest BCUT2D eigenvalue weighted by atomic mass is 9.93. The molecule has 0 radical (unpaired) electrons. The third-order valence-corrected chi connectivity index (χ3v) is 3.78. The third-order valence-electron chi connectivity index (χ3n) is 3.78. The van der Waals surface area contributed by atoms with E-state index in [9.17, 15) is 0 Å². The van der Waals surface area contributed by atoms with E-state index in [0.29, 0.717) is 0 Å². The van der Waals surface area contributed by atoms with Crippen LogP contribution in [0.4, 0.5) is 0 Å². The van der Waals surface area contributed by atoms with Gasteiger partial charge in [-0.2, -0.15) is 0 Å². The highest BCUT2D eigenvalue weighted by Crippen LogP contribution is 2.27. The first-order chi connectivity index (χ1) is 10.2. The van der Waals surface area contributed by atoms with Gasteiger partial charge in [0.05, 0.1) is 13.2 Å². The number of hydrogen-bond donors (Lipinski definition) is 1. The Kier molecular flexibility index (Phi) is 5.40. The number of nitrogens with one attached hydrogen (secondary N) is 1. The lowest BCUT2D eigenvalue weighted by Crippen LogP contribution is -2.24. The highest BCUT2D eigenvalue weighted by Gasteiger charge is 2.15. The molecule has 0 aliphatic heterocycles. The number of hydrogen-bond acceptors (Lipinski definition) is 2. The SMILES string of the molecule is CCCNC(c1ccc(OC)cc1)c1ccc(C)cc1C. The molecule has 0 fully saturated rings. The minimum Gasteiger partial charge on any atom is -0.497 e. The van der Waals surface area contributed by atoms with Gasteiger partial charge in [-0.05, 0) is 55.6 Å². The lowest BCUT2D eigenvalue weighted by molar-refractivity contribution is 0.414. The predicted molar refractivity (Wildman–Crippen MR) is 89.0 cm³/mol. The zero-order valence-corrected chi connectivity index (χ0v) is 13.4. The maximum Gasteiger partial charge on any atom is 0.118 e. The molecule has 0 spiro atoms. The summed E-state index contributed by atoms with van der Waals surface area (Å²) in [4.78, 5) is 0. The molecule has 1 unspecified atom stereocenters. The van der Waals surface area contributed by atoms with E-state index in [0.717, 1.165) is 18.7 Å². The van der Waals surface area contributed by atoms with Gasteiger partial charge >= 0.3 is 0 Å². The van der Waals surface area contributed by atoms with Crippen molar-refractivity contribution in [3.63, 3.8) is 0 Å². The van der Waals surface area contributed by atoms with Gasteiger partial charge in [0.15, 0.2) is 0 Å². The van der Waals surface area contributed by atoms with Crippen LogP contribution in [-0.4, -0.2) is 13.7 Å². The van der Waals surface area contributed by atoms with Crippen LogP contribution >= 0.6 is 0 Å². The van der Waals surface area contributed by atoms with Crippen LogP contribution in [-0.2, 0) is 0 Å². The lowest BCUT2D eigenvalue weighted by Gasteiger charge is -2.22. The van der Waals surface area contributed by atoms with Gasteiger partial charge in [-0.1, -0.05) is 42.8 Å². The van der Waals surface area contributed by atoms with Crippen molar-refractivity contribution in [1.82, 2.24) is 5.32 Å². The van der Waals surface area contributed by atoms with Crippen LogP contribution in [0.5, 0.6) is 5.75 Å².